The van der Waals surface area contributed by atoms with Crippen LogP contribution in [-0.4, -0.2) is 83.0 Å². The minimum absolute atomic E-state index is 0.188. The van der Waals surface area contributed by atoms with E-state index in [-0.39, 0.29) is 5.91 Å². The van der Waals surface area contributed by atoms with Crippen LogP contribution in [0.4, 0.5) is 23.5 Å². The predicted molar refractivity (Wildman–Crippen MR) is 163 cm³/mol. The third-order valence-corrected chi connectivity index (χ3v) is 6.89. The molecule has 0 aliphatic heterocycles. The lowest BCUT2D eigenvalue weighted by atomic mass is 9.89. The van der Waals surface area contributed by atoms with Crippen LogP contribution in [0, 0.1) is 5.92 Å². The molecule has 1 saturated carbocycles. The summed E-state index contributed by atoms with van der Waals surface area (Å²) in [6.45, 7) is 5.12. The van der Waals surface area contributed by atoms with Crippen molar-refractivity contribution < 1.29 is 14.3 Å². The van der Waals surface area contributed by atoms with Crippen molar-refractivity contribution in [2.24, 2.45) is 11.7 Å². The van der Waals surface area contributed by atoms with Crippen molar-refractivity contribution in [1.82, 2.24) is 29.8 Å². The number of nitrogens with zero attached hydrogens (tertiary/aromatic N) is 5. The van der Waals surface area contributed by atoms with Gasteiger partial charge in [-0.1, -0.05) is 25.3 Å². The highest BCUT2D eigenvalue weighted by Crippen LogP contribution is 2.24. The van der Waals surface area contributed by atoms with Gasteiger partial charge in [-0.05, 0) is 43.4 Å². The van der Waals surface area contributed by atoms with Crippen molar-refractivity contribution >= 4 is 29.4 Å². The smallest absolute Gasteiger partial charge is 0.251 e. The molecule has 2 aromatic heterocycles. The average Bonchev–Trinajstić information content (AvgIpc) is 3.54. The van der Waals surface area contributed by atoms with Crippen LogP contribution in [0.1, 0.15) is 48.9 Å². The molecule has 0 spiro atoms. The molecule has 0 atom stereocenters. The summed E-state index contributed by atoms with van der Waals surface area (Å²) >= 11 is 0. The lowest BCUT2D eigenvalue weighted by molar-refractivity contribution is 0.0511. The molecule has 3 aromatic rings. The number of aryl methyl sites for hydroxylation is 1. The van der Waals surface area contributed by atoms with Gasteiger partial charge in [0, 0.05) is 56.4 Å². The quantitative estimate of drug-likeness (QED) is 0.132. The number of amides is 1. The fourth-order valence-corrected chi connectivity index (χ4v) is 4.71. The van der Waals surface area contributed by atoms with E-state index in [1.54, 1.807) is 18.3 Å². The molecule has 42 heavy (non-hydrogen) atoms. The zero-order chi connectivity index (χ0) is 29.2. The lowest BCUT2D eigenvalue weighted by Crippen LogP contribution is -2.27. The molecule has 1 fully saturated rings. The van der Waals surface area contributed by atoms with E-state index in [0.29, 0.717) is 81.1 Å². The third-order valence-electron chi connectivity index (χ3n) is 6.89. The van der Waals surface area contributed by atoms with Gasteiger partial charge in [0.15, 0.2) is 0 Å². The largest absolute Gasteiger partial charge is 0.378 e. The fraction of sp³-hybridized carbons (Fsp3) is 0.552. The highest BCUT2D eigenvalue weighted by atomic mass is 16.5. The first-order chi connectivity index (χ1) is 20.7. The van der Waals surface area contributed by atoms with Crippen molar-refractivity contribution in [3.05, 3.63) is 48.5 Å². The summed E-state index contributed by atoms with van der Waals surface area (Å²) < 4.78 is 12.8. The molecule has 1 amide bonds. The third kappa shape index (κ3) is 11.2. The molecular formula is C29H44N10O3. The van der Waals surface area contributed by atoms with Gasteiger partial charge in [-0.15, -0.1) is 0 Å². The number of benzene rings is 1. The molecule has 0 radical (unpaired) electrons. The average molecular weight is 581 g/mol. The van der Waals surface area contributed by atoms with E-state index in [1.807, 2.05) is 29.2 Å². The van der Waals surface area contributed by atoms with Crippen LogP contribution in [0.2, 0.25) is 0 Å². The Kier molecular flexibility index (Phi) is 13.3. The van der Waals surface area contributed by atoms with Crippen LogP contribution < -0.4 is 27.0 Å². The van der Waals surface area contributed by atoms with Crippen LogP contribution in [0.3, 0.4) is 0 Å². The topological polar surface area (TPSA) is 166 Å². The molecule has 0 saturated heterocycles. The zero-order valence-electron chi connectivity index (χ0n) is 24.3. The van der Waals surface area contributed by atoms with E-state index < -0.39 is 0 Å². The lowest BCUT2D eigenvalue weighted by Gasteiger charge is -2.21. The Morgan fingerprint density at radius 1 is 0.952 bits per heavy atom. The van der Waals surface area contributed by atoms with E-state index >= 15 is 0 Å². The van der Waals surface area contributed by atoms with Crippen molar-refractivity contribution in [1.29, 1.82) is 0 Å². The van der Waals surface area contributed by atoms with Gasteiger partial charge in [0.25, 0.3) is 5.91 Å². The molecule has 2 heterocycles. The van der Waals surface area contributed by atoms with Gasteiger partial charge in [0.05, 0.1) is 32.8 Å². The molecule has 0 bridgehead atoms. The van der Waals surface area contributed by atoms with Crippen molar-refractivity contribution in [3.63, 3.8) is 0 Å². The summed E-state index contributed by atoms with van der Waals surface area (Å²) in [6, 6.07) is 7.23. The molecule has 1 aliphatic carbocycles. The maximum absolute atomic E-state index is 12.7. The molecule has 1 aromatic carbocycles. The number of nitrogens with one attached hydrogen (secondary N) is 4. The first-order valence-corrected chi connectivity index (χ1v) is 14.9. The number of nitrogens with two attached hydrogens (primary N) is 1. The molecule has 13 heteroatoms. The van der Waals surface area contributed by atoms with Gasteiger partial charge in [-0.3, -0.25) is 4.79 Å². The minimum atomic E-state index is -0.188. The maximum atomic E-state index is 12.7. The van der Waals surface area contributed by atoms with Crippen LogP contribution in [0.5, 0.6) is 0 Å². The Morgan fingerprint density at radius 2 is 1.74 bits per heavy atom. The Balaban J connectivity index is 1.32. The van der Waals surface area contributed by atoms with Crippen LogP contribution >= 0.6 is 0 Å². The zero-order valence-corrected chi connectivity index (χ0v) is 24.3. The number of aromatic nitrogens is 5. The Labute approximate surface area is 247 Å². The Hall–Kier alpha value is -3.81. The molecule has 13 nitrogen and oxygen atoms in total. The van der Waals surface area contributed by atoms with E-state index in [2.05, 4.69) is 41.2 Å². The number of imidazole rings is 1. The first-order valence-electron chi connectivity index (χ1n) is 14.9. The van der Waals surface area contributed by atoms with E-state index in [0.717, 1.165) is 19.5 Å². The second-order valence-electron chi connectivity index (χ2n) is 10.2. The van der Waals surface area contributed by atoms with Gasteiger partial charge >= 0.3 is 0 Å². The second-order valence-corrected chi connectivity index (χ2v) is 10.2. The number of hydrogen-bond acceptors (Lipinski definition) is 11. The minimum Gasteiger partial charge on any atom is -0.378 e. The molecular weight excluding hydrogens is 536 g/mol. The Bertz CT molecular complexity index is 1190. The van der Waals surface area contributed by atoms with Gasteiger partial charge < -0.3 is 41.0 Å². The summed E-state index contributed by atoms with van der Waals surface area (Å²) in [5.41, 5.74) is 6.61. The highest BCUT2D eigenvalue weighted by Gasteiger charge is 2.15. The number of carbonyl (C=O) groups excluding carboxylic acids is 1. The number of rotatable bonds is 19. The summed E-state index contributed by atoms with van der Waals surface area (Å²) in [7, 11) is 0. The number of ether oxygens (including phenoxy) is 2. The number of anilines is 4. The number of carbonyl (C=O) groups is 1. The summed E-state index contributed by atoms with van der Waals surface area (Å²) in [4.78, 5) is 30.6. The van der Waals surface area contributed by atoms with Gasteiger partial charge in [0.1, 0.15) is 0 Å². The SMILES string of the molecule is NCCOCCOCCNC(=O)c1cccc(Nc2nc(NCCCn3ccnc3)nc(NCC3CCCCC3)n2)c1. The van der Waals surface area contributed by atoms with E-state index in [4.69, 9.17) is 15.2 Å². The normalized spacial score (nSPS) is 13.5. The summed E-state index contributed by atoms with van der Waals surface area (Å²) in [5, 5.41) is 12.9. The summed E-state index contributed by atoms with van der Waals surface area (Å²) in [6.07, 6.45) is 12.8. The second kappa shape index (κ2) is 17.9. The fourth-order valence-electron chi connectivity index (χ4n) is 4.71. The van der Waals surface area contributed by atoms with Crippen molar-refractivity contribution in [2.45, 2.75) is 45.1 Å². The van der Waals surface area contributed by atoms with E-state index in [9.17, 15) is 4.79 Å². The highest BCUT2D eigenvalue weighted by molar-refractivity contribution is 5.95. The standard InChI is InChI=1S/C29H44N10O3/c30-10-16-41-18-19-42-17-13-32-26(40)24-8-4-9-25(20-24)35-29-37-27(33-11-5-14-39-15-12-31-22-39)36-28(38-29)34-21-23-6-2-1-3-7-23/h4,8-9,12,15,20,22-23H,1-3,5-7,10-11,13-14,16-19,21,30H2,(H,32,40)(H3,33,34,35,36,37,38). The number of hydrogen-bond donors (Lipinski definition) is 5. The summed E-state index contributed by atoms with van der Waals surface area (Å²) in [5.74, 6) is 1.86. The first kappa shape index (κ1) is 31.1. The van der Waals surface area contributed by atoms with Crippen molar-refractivity contribution in [3.8, 4) is 0 Å². The van der Waals surface area contributed by atoms with Crippen LogP contribution in [0.25, 0.3) is 0 Å². The molecule has 228 valence electrons. The predicted octanol–water partition coefficient (Wildman–Crippen LogP) is 3.03. The maximum Gasteiger partial charge on any atom is 0.251 e. The van der Waals surface area contributed by atoms with E-state index in [1.165, 1.54) is 32.1 Å². The molecule has 1 aliphatic rings. The monoisotopic (exact) mass is 580 g/mol. The van der Waals surface area contributed by atoms with Crippen LogP contribution in [0.15, 0.2) is 43.0 Å². The van der Waals surface area contributed by atoms with Gasteiger partial charge in [0.2, 0.25) is 17.8 Å². The van der Waals surface area contributed by atoms with Gasteiger partial charge in [-0.2, -0.15) is 15.0 Å². The molecule has 4 rings (SSSR count). The molecule has 6 N–H and O–H groups in total. The molecule has 0 unspecified atom stereocenters. The van der Waals surface area contributed by atoms with Crippen LogP contribution in [-0.2, 0) is 16.0 Å². The Morgan fingerprint density at radius 3 is 2.52 bits per heavy atom. The van der Waals surface area contributed by atoms with Gasteiger partial charge in [-0.25, -0.2) is 4.98 Å². The van der Waals surface area contributed by atoms with Crippen molar-refractivity contribution in [2.75, 3.05) is 68.6 Å².